The first-order valence-electron chi connectivity index (χ1n) is 25.4. The molecule has 354 valence electrons. The summed E-state index contributed by atoms with van der Waals surface area (Å²) in [5, 5.41) is 0. The molecule has 0 aliphatic carbocycles. The van der Waals surface area contributed by atoms with Crippen LogP contribution in [-0.2, 0) is 38.0 Å². The van der Waals surface area contributed by atoms with E-state index >= 15 is 0 Å². The van der Waals surface area contributed by atoms with E-state index in [2.05, 4.69) is 61.2 Å². The maximum atomic E-state index is 13.4. The van der Waals surface area contributed by atoms with Crippen LogP contribution < -0.4 is 0 Å². The third-order valence-electron chi connectivity index (χ3n) is 11.8. The zero-order valence-electron chi connectivity index (χ0n) is 40.0. The first-order chi connectivity index (χ1) is 31.6. The monoisotopic (exact) mass is 883 g/mol. The molecule has 1 aromatic rings. The molecule has 0 bridgehead atoms. The summed E-state index contributed by atoms with van der Waals surface area (Å²) in [5.74, 6) is 23.9. The number of hydrogen-bond donors (Lipinski definition) is 0. The molecule has 2 saturated heterocycles. The van der Waals surface area contributed by atoms with E-state index in [0.29, 0.717) is 12.8 Å². The van der Waals surface area contributed by atoms with Crippen molar-refractivity contribution in [3.8, 4) is 47.4 Å². The lowest BCUT2D eigenvalue weighted by Gasteiger charge is -2.47. The highest BCUT2D eigenvalue weighted by Crippen LogP contribution is 2.37. The predicted octanol–water partition coefficient (Wildman–Crippen LogP) is 13.1. The Kier molecular flexibility index (Phi) is 31.9. The lowest BCUT2D eigenvalue weighted by molar-refractivity contribution is -0.359. The number of methoxy groups -OCH3 is 1. The van der Waals surface area contributed by atoms with Crippen LogP contribution in [0.15, 0.2) is 30.3 Å². The fraction of sp³-hybridized carbons (Fsp3) is 0.714. The van der Waals surface area contributed by atoms with E-state index in [1.807, 2.05) is 30.3 Å². The zero-order valence-corrected chi connectivity index (χ0v) is 40.0. The molecular weight excluding hydrogens is 801 g/mol. The number of benzene rings is 1. The molecule has 0 unspecified atom stereocenters. The normalized spacial score (nSPS) is 19.9. The number of carbonyl (C=O) groups excluding carboxylic acids is 2. The van der Waals surface area contributed by atoms with E-state index in [1.165, 1.54) is 97.0 Å². The Hall–Kier alpha value is -3.76. The van der Waals surface area contributed by atoms with Gasteiger partial charge in [0.2, 0.25) is 0 Å². The van der Waals surface area contributed by atoms with Gasteiger partial charge >= 0.3 is 11.9 Å². The highest BCUT2D eigenvalue weighted by Gasteiger charge is 2.54. The molecule has 0 radical (unpaired) electrons. The number of rotatable bonds is 32. The predicted molar refractivity (Wildman–Crippen MR) is 256 cm³/mol. The number of esters is 2. The number of ether oxygens (including phenoxy) is 6. The van der Waals surface area contributed by atoms with Crippen molar-refractivity contribution in [1.29, 1.82) is 0 Å². The lowest BCUT2D eigenvalue weighted by Crippen LogP contribution is -2.64. The minimum atomic E-state index is -1.01. The number of unbranched alkanes of at least 4 members (excludes halogenated alkanes) is 24. The summed E-state index contributed by atoms with van der Waals surface area (Å²) < 4.78 is 36.5. The Morgan fingerprint density at radius 1 is 0.531 bits per heavy atom. The second kappa shape index (κ2) is 37.5. The van der Waals surface area contributed by atoms with Crippen LogP contribution in [0.1, 0.15) is 218 Å². The van der Waals surface area contributed by atoms with Gasteiger partial charge in [-0.2, -0.15) is 0 Å². The summed E-state index contributed by atoms with van der Waals surface area (Å²) in [5.41, 5.74) is 0.831. The Bertz CT molecular complexity index is 1630. The van der Waals surface area contributed by atoms with Crippen LogP contribution in [0.2, 0.25) is 0 Å². The fourth-order valence-electron chi connectivity index (χ4n) is 7.99. The van der Waals surface area contributed by atoms with Crippen molar-refractivity contribution in [3.05, 3.63) is 35.9 Å². The quantitative estimate of drug-likeness (QED) is 0.0402. The molecular formula is C56H82O8. The summed E-state index contributed by atoms with van der Waals surface area (Å²) in [7, 11) is 1.49. The molecule has 6 atom stereocenters. The Morgan fingerprint density at radius 3 is 1.38 bits per heavy atom. The molecule has 0 N–H and O–H groups in total. The van der Waals surface area contributed by atoms with Crippen molar-refractivity contribution in [3.63, 3.8) is 0 Å². The van der Waals surface area contributed by atoms with E-state index in [0.717, 1.165) is 82.6 Å². The average molecular weight is 883 g/mol. The van der Waals surface area contributed by atoms with Crippen LogP contribution in [0.4, 0.5) is 0 Å². The van der Waals surface area contributed by atoms with Crippen LogP contribution >= 0.6 is 0 Å². The second-order valence-electron chi connectivity index (χ2n) is 17.3. The Balaban J connectivity index is 1.40. The summed E-state index contributed by atoms with van der Waals surface area (Å²) in [6.07, 6.45) is 26.8. The van der Waals surface area contributed by atoms with E-state index in [9.17, 15) is 9.59 Å². The molecule has 2 fully saturated rings. The van der Waals surface area contributed by atoms with Crippen LogP contribution in [0.3, 0.4) is 0 Å². The first-order valence-corrected chi connectivity index (χ1v) is 25.4. The van der Waals surface area contributed by atoms with Crippen LogP contribution in [0, 0.1) is 47.4 Å². The minimum Gasteiger partial charge on any atom is -0.455 e. The lowest BCUT2D eigenvalue weighted by atomic mass is 9.97. The Morgan fingerprint density at radius 2 is 0.938 bits per heavy atom. The van der Waals surface area contributed by atoms with Gasteiger partial charge in [-0.3, -0.25) is 9.59 Å². The van der Waals surface area contributed by atoms with Gasteiger partial charge < -0.3 is 28.4 Å². The third kappa shape index (κ3) is 25.1. The van der Waals surface area contributed by atoms with Crippen molar-refractivity contribution in [2.45, 2.75) is 243 Å². The highest BCUT2D eigenvalue weighted by atomic mass is 16.8. The summed E-state index contributed by atoms with van der Waals surface area (Å²) in [6, 6.07) is 9.59. The highest BCUT2D eigenvalue weighted by molar-refractivity contribution is 5.70. The first kappa shape index (κ1) is 54.6. The molecule has 2 aliphatic rings. The molecule has 3 rings (SSSR count). The molecule has 0 saturated carbocycles. The molecule has 0 aromatic heterocycles. The van der Waals surface area contributed by atoms with Gasteiger partial charge in [0.1, 0.15) is 12.2 Å². The number of fused-ring (bicyclic) bond motifs is 1. The van der Waals surface area contributed by atoms with Gasteiger partial charge in [0.05, 0.1) is 6.61 Å². The van der Waals surface area contributed by atoms with Crippen LogP contribution in [0.25, 0.3) is 0 Å². The number of carbonyl (C=O) groups is 2. The maximum Gasteiger partial charge on any atom is 0.306 e. The van der Waals surface area contributed by atoms with Gasteiger partial charge in [0.15, 0.2) is 24.8 Å². The maximum absolute atomic E-state index is 13.4. The molecule has 8 nitrogen and oxygen atoms in total. The van der Waals surface area contributed by atoms with Crippen LogP contribution in [0.5, 0.6) is 0 Å². The standard InChI is InChI=1S/C56H82O8/c1-4-6-8-10-12-14-16-18-20-22-24-26-28-30-32-34-36-41-45-50(57)62-53-52-49(47-60-55(64-52)48-43-39-38-40-44-48)61-56(59-3)54(53)63-51(58)46-42-37-35-33-31-29-27-25-23-21-19-17-15-13-11-9-7-5-2/h38-40,43-44,49,52-56H,4-21,30-37,41-42,45-47H2,1-3H3/t49-,52-,53+,54-,55-,56+/m1/s1. The van der Waals surface area contributed by atoms with Gasteiger partial charge in [0, 0.05) is 51.2 Å². The minimum absolute atomic E-state index is 0.197. The van der Waals surface area contributed by atoms with E-state index < -0.39 is 43.0 Å². The van der Waals surface area contributed by atoms with Crippen molar-refractivity contribution < 1.29 is 38.0 Å². The van der Waals surface area contributed by atoms with E-state index in [1.54, 1.807) is 0 Å². The largest absolute Gasteiger partial charge is 0.455 e. The zero-order chi connectivity index (χ0) is 45.6. The van der Waals surface area contributed by atoms with Crippen LogP contribution in [-0.4, -0.2) is 56.4 Å². The van der Waals surface area contributed by atoms with E-state index in [4.69, 9.17) is 28.4 Å². The summed E-state index contributed by atoms with van der Waals surface area (Å²) in [4.78, 5) is 26.7. The molecule has 64 heavy (non-hydrogen) atoms. The topological polar surface area (TPSA) is 89.5 Å². The fourth-order valence-corrected chi connectivity index (χ4v) is 7.99. The van der Waals surface area contributed by atoms with Gasteiger partial charge in [-0.1, -0.05) is 183 Å². The third-order valence-corrected chi connectivity index (χ3v) is 11.8. The SMILES string of the molecule is CCCCCCCCCCC#CC#CCCCCCCC(=O)O[C@@H]1[C@@H](OC(=O)CCCCCCC#CC#CCCCCCCCCCC)[C@@H](OC)O[C@@H]2CO[C@@H](c3ccccc3)O[C@@H]12. The summed E-state index contributed by atoms with van der Waals surface area (Å²) >= 11 is 0. The summed E-state index contributed by atoms with van der Waals surface area (Å²) in [6.45, 7) is 4.70. The average Bonchev–Trinajstić information content (AvgIpc) is 3.31. The van der Waals surface area contributed by atoms with Crippen molar-refractivity contribution in [2.75, 3.05) is 13.7 Å². The molecule has 1 aromatic carbocycles. The molecule has 2 aliphatic heterocycles. The molecule has 0 amide bonds. The number of hydrogen-bond acceptors (Lipinski definition) is 8. The van der Waals surface area contributed by atoms with Gasteiger partial charge in [-0.05, 0) is 62.2 Å². The van der Waals surface area contributed by atoms with Gasteiger partial charge in [0.25, 0.3) is 0 Å². The molecule has 8 heteroatoms. The van der Waals surface area contributed by atoms with E-state index in [-0.39, 0.29) is 25.4 Å². The van der Waals surface area contributed by atoms with Crippen molar-refractivity contribution in [2.24, 2.45) is 0 Å². The molecule has 2 heterocycles. The Labute approximate surface area is 389 Å². The molecule has 0 spiro atoms. The van der Waals surface area contributed by atoms with Crippen molar-refractivity contribution >= 4 is 11.9 Å². The smallest absolute Gasteiger partial charge is 0.306 e. The second-order valence-corrected chi connectivity index (χ2v) is 17.3. The van der Waals surface area contributed by atoms with Gasteiger partial charge in [-0.15, -0.1) is 0 Å². The van der Waals surface area contributed by atoms with Gasteiger partial charge in [-0.25, -0.2) is 0 Å². The van der Waals surface area contributed by atoms with Crippen molar-refractivity contribution in [1.82, 2.24) is 0 Å².